The summed E-state index contributed by atoms with van der Waals surface area (Å²) in [7, 11) is 0. The Morgan fingerprint density at radius 1 is 0.933 bits per heavy atom. The van der Waals surface area contributed by atoms with Crippen molar-refractivity contribution in [3.63, 3.8) is 0 Å². The van der Waals surface area contributed by atoms with Gasteiger partial charge in [0.1, 0.15) is 11.0 Å². The van der Waals surface area contributed by atoms with E-state index in [1.54, 1.807) is 36.4 Å². The van der Waals surface area contributed by atoms with E-state index in [-0.39, 0.29) is 11.7 Å². The third-order valence-corrected chi connectivity index (χ3v) is 5.50. The number of nitrogens with one attached hydrogen (secondary N) is 1. The molecule has 0 spiro atoms. The Bertz CT molecular complexity index is 1230. The summed E-state index contributed by atoms with van der Waals surface area (Å²) >= 11 is 6.29. The van der Waals surface area contributed by atoms with Gasteiger partial charge in [0, 0.05) is 28.3 Å². The zero-order valence-electron chi connectivity index (χ0n) is 16.6. The normalized spacial score (nSPS) is 12.0. The molecule has 0 fully saturated rings. The van der Waals surface area contributed by atoms with Crippen LogP contribution in [0, 0.1) is 13.8 Å². The van der Waals surface area contributed by atoms with Gasteiger partial charge in [-0.2, -0.15) is 0 Å². The number of benzene rings is 3. The zero-order valence-corrected chi connectivity index (χ0v) is 17.4. The van der Waals surface area contributed by atoms with Crippen molar-refractivity contribution >= 4 is 39.9 Å². The van der Waals surface area contributed by atoms with Crippen molar-refractivity contribution in [1.29, 1.82) is 0 Å². The molecule has 150 valence electrons. The largest absolute Gasteiger partial charge is 0.452 e. The van der Waals surface area contributed by atoms with Crippen molar-refractivity contribution in [2.75, 3.05) is 5.32 Å². The van der Waals surface area contributed by atoms with Gasteiger partial charge in [0.2, 0.25) is 11.7 Å². The van der Waals surface area contributed by atoms with Crippen LogP contribution >= 0.6 is 11.6 Å². The van der Waals surface area contributed by atoms with Crippen LogP contribution in [-0.4, -0.2) is 11.7 Å². The first-order chi connectivity index (χ1) is 14.4. The van der Waals surface area contributed by atoms with Gasteiger partial charge >= 0.3 is 0 Å². The van der Waals surface area contributed by atoms with Crippen LogP contribution in [-0.2, 0) is 4.79 Å². The lowest BCUT2D eigenvalue weighted by atomic mass is 10.0. The van der Waals surface area contributed by atoms with Gasteiger partial charge in [-0.1, -0.05) is 60.2 Å². The minimum atomic E-state index is -0.807. The first-order valence-corrected chi connectivity index (χ1v) is 10.0. The number of fused-ring (bicyclic) bond motifs is 1. The van der Waals surface area contributed by atoms with Crippen molar-refractivity contribution in [2.45, 2.75) is 19.2 Å². The highest BCUT2D eigenvalue weighted by molar-refractivity contribution is 6.32. The van der Waals surface area contributed by atoms with E-state index in [1.165, 1.54) is 0 Å². The van der Waals surface area contributed by atoms with E-state index in [0.717, 1.165) is 22.1 Å². The lowest BCUT2D eigenvalue weighted by Gasteiger charge is -2.10. The topological polar surface area (TPSA) is 59.3 Å². The Morgan fingerprint density at radius 2 is 1.63 bits per heavy atom. The average Bonchev–Trinajstić information content (AvgIpc) is 3.09. The van der Waals surface area contributed by atoms with Crippen molar-refractivity contribution in [2.24, 2.45) is 0 Å². The van der Waals surface area contributed by atoms with Gasteiger partial charge in [0.15, 0.2) is 5.76 Å². The maximum Gasteiger partial charge on any atom is 0.246 e. The molecule has 4 rings (SSSR count). The van der Waals surface area contributed by atoms with Gasteiger partial charge < -0.3 is 9.73 Å². The molecule has 0 aliphatic heterocycles. The van der Waals surface area contributed by atoms with Gasteiger partial charge in [-0.15, -0.1) is 11.6 Å². The minimum absolute atomic E-state index is 0.167. The van der Waals surface area contributed by atoms with Crippen LogP contribution in [0.3, 0.4) is 0 Å². The molecule has 0 saturated carbocycles. The van der Waals surface area contributed by atoms with Crippen molar-refractivity contribution in [3.05, 3.63) is 101 Å². The molecule has 1 heterocycles. The Hall–Kier alpha value is -3.37. The van der Waals surface area contributed by atoms with Gasteiger partial charge in [0.05, 0.1) is 0 Å². The molecule has 1 amide bonds. The molecule has 3 aromatic carbocycles. The van der Waals surface area contributed by atoms with Crippen molar-refractivity contribution in [3.8, 4) is 0 Å². The Morgan fingerprint density at radius 3 is 2.33 bits per heavy atom. The Labute approximate surface area is 179 Å². The first-order valence-electron chi connectivity index (χ1n) is 9.58. The number of hydrogen-bond donors (Lipinski definition) is 1. The summed E-state index contributed by atoms with van der Waals surface area (Å²) in [6.07, 6.45) is 0. The Balaban J connectivity index is 1.59. The van der Waals surface area contributed by atoms with Crippen LogP contribution in [0.2, 0.25) is 0 Å². The number of alkyl halides is 1. The minimum Gasteiger partial charge on any atom is -0.452 e. The van der Waals surface area contributed by atoms with E-state index in [2.05, 4.69) is 5.32 Å². The summed E-state index contributed by atoms with van der Waals surface area (Å²) in [6, 6.07) is 21.8. The predicted octanol–water partition coefficient (Wildman–Crippen LogP) is 6.20. The van der Waals surface area contributed by atoms with E-state index in [0.29, 0.717) is 22.6 Å². The average molecular weight is 418 g/mol. The molecule has 0 aliphatic rings. The summed E-state index contributed by atoms with van der Waals surface area (Å²) in [5.74, 6) is -0.197. The molecule has 1 N–H and O–H groups in total. The van der Waals surface area contributed by atoms with Gasteiger partial charge in [-0.05, 0) is 31.5 Å². The molecule has 0 radical (unpaired) electrons. The van der Waals surface area contributed by atoms with Gasteiger partial charge in [-0.3, -0.25) is 9.59 Å². The molecule has 1 aromatic heterocycles. The second-order valence-electron chi connectivity index (χ2n) is 7.22. The molecule has 4 aromatic rings. The smallest absolute Gasteiger partial charge is 0.246 e. The second-order valence-corrected chi connectivity index (χ2v) is 7.66. The third-order valence-electron chi connectivity index (χ3n) is 5.05. The number of halogens is 1. The molecule has 30 heavy (non-hydrogen) atoms. The number of hydrogen-bond acceptors (Lipinski definition) is 3. The molecule has 0 bridgehead atoms. The summed E-state index contributed by atoms with van der Waals surface area (Å²) in [6.45, 7) is 3.83. The summed E-state index contributed by atoms with van der Waals surface area (Å²) in [5.41, 5.74) is 4.24. The summed E-state index contributed by atoms with van der Waals surface area (Å²) in [4.78, 5) is 25.4. The van der Waals surface area contributed by atoms with E-state index in [1.807, 2.05) is 50.2 Å². The number of aryl methyl sites for hydroxylation is 2. The van der Waals surface area contributed by atoms with Crippen molar-refractivity contribution in [1.82, 2.24) is 0 Å². The predicted molar refractivity (Wildman–Crippen MR) is 119 cm³/mol. The number of carbonyl (C=O) groups is 2. The first kappa shape index (κ1) is 19.9. The molecular formula is C25H20ClNO3. The quantitative estimate of drug-likeness (QED) is 0.310. The van der Waals surface area contributed by atoms with Gasteiger partial charge in [-0.25, -0.2) is 0 Å². The van der Waals surface area contributed by atoms with E-state index in [9.17, 15) is 9.59 Å². The fourth-order valence-corrected chi connectivity index (χ4v) is 3.53. The summed E-state index contributed by atoms with van der Waals surface area (Å²) < 4.78 is 5.88. The molecule has 5 heteroatoms. The maximum atomic E-state index is 12.9. The van der Waals surface area contributed by atoms with Crippen LogP contribution < -0.4 is 5.32 Å². The number of furan rings is 1. The lowest BCUT2D eigenvalue weighted by molar-refractivity contribution is -0.116. The fraction of sp³-hybridized carbons (Fsp3) is 0.120. The summed E-state index contributed by atoms with van der Waals surface area (Å²) in [5, 5.41) is 2.83. The van der Waals surface area contributed by atoms with Gasteiger partial charge in [0.25, 0.3) is 0 Å². The van der Waals surface area contributed by atoms with E-state index in [4.69, 9.17) is 16.0 Å². The van der Waals surface area contributed by atoms with Crippen LogP contribution in [0.5, 0.6) is 0 Å². The molecule has 1 atom stereocenters. The molecular weight excluding hydrogens is 398 g/mol. The number of anilines is 1. The monoisotopic (exact) mass is 417 g/mol. The fourth-order valence-electron chi connectivity index (χ4n) is 3.33. The maximum absolute atomic E-state index is 12.9. The molecule has 0 aliphatic carbocycles. The SMILES string of the molecule is Cc1ccc(C(=O)c2oc3cc(NC(=O)C(Cl)c4ccccc4)ccc3c2C)cc1. The number of carbonyl (C=O) groups excluding carboxylic acids is 2. The lowest BCUT2D eigenvalue weighted by Crippen LogP contribution is -2.17. The molecule has 4 nitrogen and oxygen atoms in total. The molecule has 1 unspecified atom stereocenters. The van der Waals surface area contributed by atoms with Crippen LogP contribution in [0.4, 0.5) is 5.69 Å². The highest BCUT2D eigenvalue weighted by atomic mass is 35.5. The Kier molecular flexibility index (Phi) is 5.42. The van der Waals surface area contributed by atoms with Crippen LogP contribution in [0.15, 0.2) is 77.2 Å². The van der Waals surface area contributed by atoms with E-state index >= 15 is 0 Å². The van der Waals surface area contributed by atoms with E-state index < -0.39 is 5.38 Å². The highest BCUT2D eigenvalue weighted by Crippen LogP contribution is 2.30. The van der Waals surface area contributed by atoms with Crippen LogP contribution in [0.1, 0.15) is 38.2 Å². The number of ketones is 1. The third kappa shape index (κ3) is 3.87. The standard InChI is InChI=1S/C25H20ClNO3/c1-15-8-10-18(11-9-15)23(28)24-16(2)20-13-12-19(14-21(20)30-24)27-25(29)22(26)17-6-4-3-5-7-17/h3-14,22H,1-2H3,(H,27,29). The second kappa shape index (κ2) is 8.17. The number of amides is 1. The highest BCUT2D eigenvalue weighted by Gasteiger charge is 2.21. The van der Waals surface area contributed by atoms with Crippen molar-refractivity contribution < 1.29 is 14.0 Å². The number of rotatable bonds is 5. The zero-order chi connectivity index (χ0) is 21.3. The van der Waals surface area contributed by atoms with Crippen LogP contribution in [0.25, 0.3) is 11.0 Å². The molecule has 0 saturated heterocycles.